The van der Waals surface area contributed by atoms with E-state index in [-0.39, 0.29) is 21.9 Å². The minimum atomic E-state index is -4.67. The zero-order valence-corrected chi connectivity index (χ0v) is 19.8. The number of pyridine rings is 2. The monoisotopic (exact) mass is 503 g/mol. The van der Waals surface area contributed by atoms with Gasteiger partial charge in [0.05, 0.1) is 5.56 Å². The van der Waals surface area contributed by atoms with Crippen LogP contribution < -0.4 is 9.73 Å². The molecule has 7 nitrogen and oxygen atoms in total. The quantitative estimate of drug-likeness (QED) is 0.567. The first-order valence-corrected chi connectivity index (χ1v) is 12.6. The molecule has 184 valence electrons. The van der Waals surface area contributed by atoms with E-state index in [1.165, 1.54) is 18.3 Å². The first-order chi connectivity index (χ1) is 16.6. The maximum atomic E-state index is 14.0. The Labute approximate surface area is 201 Å². The van der Waals surface area contributed by atoms with Gasteiger partial charge in [0.25, 0.3) is 10.0 Å². The molecule has 1 aromatic carbocycles. The summed E-state index contributed by atoms with van der Waals surface area (Å²) in [4.78, 5) is 8.05. The highest BCUT2D eigenvalue weighted by atomic mass is 32.2. The van der Waals surface area contributed by atoms with Gasteiger partial charge < -0.3 is 5.32 Å². The highest BCUT2D eigenvalue weighted by molar-refractivity contribution is 7.92. The van der Waals surface area contributed by atoms with Crippen molar-refractivity contribution < 1.29 is 21.6 Å². The first kappa shape index (κ1) is 23.7. The van der Waals surface area contributed by atoms with Crippen LogP contribution in [0.3, 0.4) is 0 Å². The average Bonchev–Trinajstić information content (AvgIpc) is 3.57. The van der Waals surface area contributed by atoms with Crippen molar-refractivity contribution in [3.63, 3.8) is 0 Å². The second kappa shape index (κ2) is 8.58. The van der Waals surface area contributed by atoms with Gasteiger partial charge in [-0.1, -0.05) is 30.3 Å². The summed E-state index contributed by atoms with van der Waals surface area (Å²) in [5, 5.41) is 4.86. The molecule has 5 rings (SSSR count). The topological polar surface area (TPSA) is 78.4 Å². The molecule has 2 fully saturated rings. The number of sulfonamides is 1. The number of rotatable bonds is 5. The number of piperazine rings is 1. The summed E-state index contributed by atoms with van der Waals surface area (Å²) in [5.74, 6) is -0.111. The molecule has 3 aromatic rings. The van der Waals surface area contributed by atoms with Crippen molar-refractivity contribution in [1.29, 1.82) is 0 Å². The smallest absolute Gasteiger partial charge is 0.309 e. The molecule has 1 aliphatic heterocycles. The van der Waals surface area contributed by atoms with Crippen molar-refractivity contribution in [2.24, 2.45) is 0 Å². The van der Waals surface area contributed by atoms with Gasteiger partial charge in [0.15, 0.2) is 10.8 Å². The average molecular weight is 504 g/mol. The van der Waals surface area contributed by atoms with Gasteiger partial charge in [-0.15, -0.1) is 0 Å². The summed E-state index contributed by atoms with van der Waals surface area (Å²) in [6.45, 7) is 2.99. The van der Waals surface area contributed by atoms with Crippen molar-refractivity contribution in [3.05, 3.63) is 72.1 Å². The fourth-order valence-corrected chi connectivity index (χ4v) is 5.87. The van der Waals surface area contributed by atoms with Crippen LogP contribution in [0.25, 0.3) is 11.1 Å². The highest BCUT2D eigenvalue weighted by Gasteiger charge is 2.49. The normalized spacial score (nSPS) is 17.9. The summed E-state index contributed by atoms with van der Waals surface area (Å²) in [5.41, 5.74) is -0.255. The minimum absolute atomic E-state index is 0.111. The summed E-state index contributed by atoms with van der Waals surface area (Å²) in [7, 11) is -4.26. The highest BCUT2D eigenvalue weighted by Crippen LogP contribution is 2.42. The molecule has 11 heteroatoms. The van der Waals surface area contributed by atoms with E-state index >= 15 is 0 Å². The van der Waals surface area contributed by atoms with Gasteiger partial charge >= 0.3 is 6.18 Å². The van der Waals surface area contributed by atoms with Crippen LogP contribution in [0.5, 0.6) is 0 Å². The number of nitrogens with zero attached hydrogens (tertiary/aromatic N) is 4. The second-order valence-electron chi connectivity index (χ2n) is 8.91. The predicted octanol–water partition coefficient (Wildman–Crippen LogP) is 4.02. The third kappa shape index (κ3) is 4.51. The Morgan fingerprint density at radius 3 is 2.46 bits per heavy atom. The number of aryl methyl sites for hydroxylation is 1. The molecule has 0 radical (unpaired) electrons. The molecule has 0 amide bonds. The Kier molecular flexibility index (Phi) is 5.81. The molecular weight excluding hydrogens is 479 g/mol. The van der Waals surface area contributed by atoms with E-state index in [1.807, 2.05) is 0 Å². The fraction of sp³-hybridized carbons (Fsp3) is 0.333. The Morgan fingerprint density at radius 2 is 1.80 bits per heavy atom. The molecule has 2 aromatic heterocycles. The van der Waals surface area contributed by atoms with Crippen LogP contribution in [0.4, 0.5) is 19.0 Å². The molecule has 35 heavy (non-hydrogen) atoms. The molecule has 1 saturated heterocycles. The van der Waals surface area contributed by atoms with Gasteiger partial charge in [0.2, 0.25) is 0 Å². The first-order valence-electron chi connectivity index (χ1n) is 11.2. The van der Waals surface area contributed by atoms with Gasteiger partial charge in [0.1, 0.15) is 0 Å². The summed E-state index contributed by atoms with van der Waals surface area (Å²) < 4.78 is 70.5. The Morgan fingerprint density at radius 1 is 1.06 bits per heavy atom. The number of anilines is 1. The van der Waals surface area contributed by atoms with E-state index in [1.54, 1.807) is 48.3 Å². The number of alkyl halides is 3. The summed E-state index contributed by atoms with van der Waals surface area (Å²) >= 11 is 0. The van der Waals surface area contributed by atoms with Gasteiger partial charge in [-0.2, -0.15) is 26.0 Å². The van der Waals surface area contributed by atoms with Crippen LogP contribution in [-0.2, 0) is 16.2 Å². The SMILES string of the molecule is Cc1ccccc1-c1cc(N(N2CCNC3(CC3)C2)S(=O)(=O)c2ccccn2)ncc1C(F)(F)F. The minimum Gasteiger partial charge on any atom is -0.309 e. The number of aromatic nitrogens is 2. The molecule has 3 heterocycles. The van der Waals surface area contributed by atoms with Crippen LogP contribution >= 0.6 is 0 Å². The lowest BCUT2D eigenvalue weighted by atomic mass is 9.97. The molecule has 1 N–H and O–H groups in total. The van der Waals surface area contributed by atoms with Crippen molar-refractivity contribution in [1.82, 2.24) is 20.3 Å². The zero-order valence-electron chi connectivity index (χ0n) is 19.0. The largest absolute Gasteiger partial charge is 0.418 e. The number of halogens is 3. The molecule has 1 aliphatic carbocycles. The second-order valence-corrected chi connectivity index (χ2v) is 10.6. The summed E-state index contributed by atoms with van der Waals surface area (Å²) in [6, 6.07) is 12.4. The molecule has 2 aliphatic rings. The molecule has 0 unspecified atom stereocenters. The van der Waals surface area contributed by atoms with Crippen molar-refractivity contribution in [3.8, 4) is 11.1 Å². The molecule has 1 saturated carbocycles. The Balaban J connectivity index is 1.69. The third-order valence-electron chi connectivity index (χ3n) is 6.42. The van der Waals surface area contributed by atoms with Crippen LogP contribution in [0.1, 0.15) is 24.0 Å². The van der Waals surface area contributed by atoms with E-state index in [0.717, 1.165) is 17.3 Å². The Bertz CT molecular complexity index is 1340. The molecule has 0 bridgehead atoms. The lowest BCUT2D eigenvalue weighted by Gasteiger charge is -2.40. The van der Waals surface area contributed by atoms with Gasteiger partial charge in [0, 0.05) is 37.6 Å². The fourth-order valence-electron chi connectivity index (χ4n) is 4.46. The van der Waals surface area contributed by atoms with Crippen molar-refractivity contribution in [2.75, 3.05) is 24.0 Å². The van der Waals surface area contributed by atoms with Crippen molar-refractivity contribution >= 4 is 15.8 Å². The molecular formula is C24H24F3N5O2S. The van der Waals surface area contributed by atoms with E-state index in [0.29, 0.717) is 37.0 Å². The predicted molar refractivity (Wildman–Crippen MR) is 125 cm³/mol. The third-order valence-corrected chi connectivity index (χ3v) is 8.06. The van der Waals surface area contributed by atoms with Crippen LogP contribution in [0.15, 0.2) is 66.0 Å². The van der Waals surface area contributed by atoms with E-state index in [9.17, 15) is 21.6 Å². The van der Waals surface area contributed by atoms with Crippen LogP contribution in [-0.4, -0.2) is 48.6 Å². The zero-order chi connectivity index (χ0) is 24.8. The standard InChI is InChI=1S/C24H24F3N5O2S/c1-17-6-2-3-7-18(17)19-14-21(29-15-20(19)24(25,26)27)32(31-13-12-30-23(16-31)9-10-23)35(33,34)22-8-4-5-11-28-22/h2-8,11,14-15,30H,9-10,12-13,16H2,1H3. The summed E-state index contributed by atoms with van der Waals surface area (Å²) in [6.07, 6.45) is -0.788. The molecule has 0 atom stereocenters. The van der Waals surface area contributed by atoms with Gasteiger partial charge in [-0.05, 0) is 54.7 Å². The number of nitrogens with one attached hydrogen (secondary N) is 1. The lowest BCUT2D eigenvalue weighted by molar-refractivity contribution is -0.137. The van der Waals surface area contributed by atoms with E-state index in [2.05, 4.69) is 15.3 Å². The van der Waals surface area contributed by atoms with Crippen LogP contribution in [0.2, 0.25) is 0 Å². The number of hydrogen-bond acceptors (Lipinski definition) is 6. The van der Waals surface area contributed by atoms with Gasteiger partial charge in [-0.25, -0.2) is 15.0 Å². The molecule has 1 spiro atoms. The number of hydrazine groups is 1. The van der Waals surface area contributed by atoms with Gasteiger partial charge in [-0.3, -0.25) is 0 Å². The van der Waals surface area contributed by atoms with E-state index < -0.39 is 21.8 Å². The number of benzene rings is 1. The number of hydrogen-bond donors (Lipinski definition) is 1. The Hall–Kier alpha value is -3.02. The van der Waals surface area contributed by atoms with Crippen molar-refractivity contribution in [2.45, 2.75) is 36.5 Å². The lowest BCUT2D eigenvalue weighted by Crippen LogP contribution is -2.60. The van der Waals surface area contributed by atoms with E-state index in [4.69, 9.17) is 0 Å². The maximum Gasteiger partial charge on any atom is 0.418 e. The van der Waals surface area contributed by atoms with Crippen LogP contribution in [0, 0.1) is 6.92 Å². The maximum absolute atomic E-state index is 14.0.